The monoisotopic (exact) mass is 282 g/mol. The van der Waals surface area contributed by atoms with Gasteiger partial charge in [-0.15, -0.1) is 10.2 Å². The molecule has 1 aliphatic carbocycles. The highest BCUT2D eigenvalue weighted by atomic mass is 32.1. The molecule has 1 saturated heterocycles. The maximum absolute atomic E-state index is 12.1. The summed E-state index contributed by atoms with van der Waals surface area (Å²) >= 11 is 1.47. The minimum absolute atomic E-state index is 0.128. The minimum Gasteiger partial charge on any atom is -0.396 e. The third-order valence-corrected chi connectivity index (χ3v) is 4.65. The first-order chi connectivity index (χ1) is 9.26. The maximum Gasteiger partial charge on any atom is 0.323 e. The third kappa shape index (κ3) is 3.03. The molecule has 7 heteroatoms. The molecule has 104 valence electrons. The van der Waals surface area contributed by atoms with Gasteiger partial charge < -0.3 is 10.0 Å². The van der Waals surface area contributed by atoms with E-state index in [2.05, 4.69) is 15.5 Å². The third-order valence-electron chi connectivity index (χ3n) is 3.65. The molecule has 2 heterocycles. The Bertz CT molecular complexity index is 460. The Hall–Kier alpha value is -1.21. The van der Waals surface area contributed by atoms with Crippen molar-refractivity contribution >= 4 is 22.5 Å². The van der Waals surface area contributed by atoms with Gasteiger partial charge in [0.25, 0.3) is 0 Å². The van der Waals surface area contributed by atoms with E-state index in [0.29, 0.717) is 17.6 Å². The Kier molecular flexibility index (Phi) is 3.65. The van der Waals surface area contributed by atoms with Gasteiger partial charge in [0.05, 0.1) is 0 Å². The van der Waals surface area contributed by atoms with Crippen molar-refractivity contribution in [1.82, 2.24) is 15.1 Å². The Morgan fingerprint density at radius 1 is 1.42 bits per heavy atom. The van der Waals surface area contributed by atoms with Gasteiger partial charge in [-0.25, -0.2) is 4.79 Å². The molecule has 1 aromatic heterocycles. The van der Waals surface area contributed by atoms with E-state index in [1.807, 2.05) is 0 Å². The summed E-state index contributed by atoms with van der Waals surface area (Å²) in [6.07, 6.45) is 4.31. The van der Waals surface area contributed by atoms with Crippen LogP contribution in [0.2, 0.25) is 0 Å². The highest BCUT2D eigenvalue weighted by molar-refractivity contribution is 7.15. The number of carbonyl (C=O) groups is 1. The number of amides is 2. The van der Waals surface area contributed by atoms with Crippen LogP contribution in [0.5, 0.6) is 0 Å². The molecule has 19 heavy (non-hydrogen) atoms. The van der Waals surface area contributed by atoms with Crippen molar-refractivity contribution in [2.75, 3.05) is 25.0 Å². The molecule has 1 aromatic rings. The molecule has 6 nitrogen and oxygen atoms in total. The fraction of sp³-hybridized carbons (Fsp3) is 0.750. The first kappa shape index (κ1) is 12.8. The number of likely N-dealkylation sites (tertiary alicyclic amines) is 1. The molecule has 2 N–H and O–H groups in total. The standard InChI is InChI=1S/C12H18N4O2S/c17-7-8-2-1-5-16(6-8)12(18)13-11-15-14-10(19-11)9-3-4-9/h8-9,17H,1-7H2,(H,13,15,18). The normalized spacial score (nSPS) is 23.4. The lowest BCUT2D eigenvalue weighted by molar-refractivity contribution is 0.136. The predicted octanol–water partition coefficient (Wildman–Crippen LogP) is 1.65. The van der Waals surface area contributed by atoms with Gasteiger partial charge in [0, 0.05) is 25.6 Å². The van der Waals surface area contributed by atoms with Crippen LogP contribution in [0.1, 0.15) is 36.6 Å². The van der Waals surface area contributed by atoms with E-state index < -0.39 is 0 Å². The van der Waals surface area contributed by atoms with Crippen molar-refractivity contribution in [3.63, 3.8) is 0 Å². The van der Waals surface area contributed by atoms with Gasteiger partial charge in [0.15, 0.2) is 0 Å². The molecule has 2 aliphatic rings. The number of aliphatic hydroxyl groups is 1. The van der Waals surface area contributed by atoms with Crippen LogP contribution in [0.25, 0.3) is 0 Å². The van der Waals surface area contributed by atoms with Crippen molar-refractivity contribution in [3.05, 3.63) is 5.01 Å². The van der Waals surface area contributed by atoms with Gasteiger partial charge in [-0.2, -0.15) is 0 Å². The molecule has 0 aromatic carbocycles. The molecular formula is C12H18N4O2S. The number of aromatic nitrogens is 2. The lowest BCUT2D eigenvalue weighted by atomic mass is 9.99. The first-order valence-electron chi connectivity index (χ1n) is 6.76. The van der Waals surface area contributed by atoms with Crippen LogP contribution in [0, 0.1) is 5.92 Å². The number of urea groups is 1. The summed E-state index contributed by atoms with van der Waals surface area (Å²) in [6, 6.07) is -0.128. The molecule has 2 amide bonds. The average Bonchev–Trinajstić information content (AvgIpc) is 3.19. The van der Waals surface area contributed by atoms with Crippen LogP contribution in [0.4, 0.5) is 9.93 Å². The lowest BCUT2D eigenvalue weighted by Crippen LogP contribution is -2.43. The number of piperidine rings is 1. The van der Waals surface area contributed by atoms with Crippen LogP contribution in [-0.2, 0) is 0 Å². The molecule has 1 aliphatic heterocycles. The van der Waals surface area contributed by atoms with E-state index in [-0.39, 0.29) is 18.6 Å². The van der Waals surface area contributed by atoms with Gasteiger partial charge in [-0.05, 0) is 31.6 Å². The fourth-order valence-corrected chi connectivity index (χ4v) is 3.25. The van der Waals surface area contributed by atoms with Gasteiger partial charge in [0.1, 0.15) is 5.01 Å². The number of aliphatic hydroxyl groups excluding tert-OH is 1. The Morgan fingerprint density at radius 2 is 2.26 bits per heavy atom. The van der Waals surface area contributed by atoms with E-state index in [1.165, 1.54) is 24.2 Å². The number of hydrogen-bond acceptors (Lipinski definition) is 5. The SMILES string of the molecule is O=C(Nc1nnc(C2CC2)s1)N1CCCC(CO)C1. The maximum atomic E-state index is 12.1. The largest absolute Gasteiger partial charge is 0.396 e. The quantitative estimate of drug-likeness (QED) is 0.883. The zero-order chi connectivity index (χ0) is 13.2. The summed E-state index contributed by atoms with van der Waals surface area (Å²) in [7, 11) is 0. The Labute approximate surface area is 115 Å². The van der Waals surface area contributed by atoms with Crippen molar-refractivity contribution in [2.45, 2.75) is 31.6 Å². The summed E-state index contributed by atoms with van der Waals surface area (Å²) in [5.74, 6) is 0.771. The molecule has 0 radical (unpaired) electrons. The summed E-state index contributed by atoms with van der Waals surface area (Å²) in [5.41, 5.74) is 0. The number of hydrogen-bond donors (Lipinski definition) is 2. The van der Waals surface area contributed by atoms with Crippen LogP contribution in [0.3, 0.4) is 0 Å². The van der Waals surface area contributed by atoms with Crippen LogP contribution in [-0.4, -0.2) is 45.9 Å². The highest BCUT2D eigenvalue weighted by Gasteiger charge is 2.28. The van der Waals surface area contributed by atoms with Crippen molar-refractivity contribution in [2.24, 2.45) is 5.92 Å². The second-order valence-corrected chi connectivity index (χ2v) is 6.30. The Balaban J connectivity index is 1.57. The molecule has 1 atom stereocenters. The second kappa shape index (κ2) is 5.42. The first-order valence-corrected chi connectivity index (χ1v) is 7.58. The topological polar surface area (TPSA) is 78.4 Å². The van der Waals surface area contributed by atoms with Gasteiger partial charge in [-0.1, -0.05) is 11.3 Å². The second-order valence-electron chi connectivity index (χ2n) is 5.29. The molecule has 3 rings (SSSR count). The average molecular weight is 282 g/mol. The number of rotatable bonds is 3. The zero-order valence-electron chi connectivity index (χ0n) is 10.7. The van der Waals surface area contributed by atoms with Crippen LogP contribution >= 0.6 is 11.3 Å². The number of nitrogens with zero attached hydrogens (tertiary/aromatic N) is 3. The van der Waals surface area contributed by atoms with Crippen LogP contribution in [0.15, 0.2) is 0 Å². The van der Waals surface area contributed by atoms with Gasteiger partial charge in [0.2, 0.25) is 5.13 Å². The fourth-order valence-electron chi connectivity index (χ4n) is 2.35. The summed E-state index contributed by atoms with van der Waals surface area (Å²) in [5, 5.41) is 21.7. The van der Waals surface area contributed by atoms with E-state index in [1.54, 1.807) is 4.90 Å². The van der Waals surface area contributed by atoms with Crippen molar-refractivity contribution < 1.29 is 9.90 Å². The molecule has 0 bridgehead atoms. The number of nitrogens with one attached hydrogen (secondary N) is 1. The molecule has 2 fully saturated rings. The van der Waals surface area contributed by atoms with E-state index >= 15 is 0 Å². The van der Waals surface area contributed by atoms with Gasteiger partial charge >= 0.3 is 6.03 Å². The Morgan fingerprint density at radius 3 is 3.00 bits per heavy atom. The number of anilines is 1. The van der Waals surface area contributed by atoms with Crippen molar-refractivity contribution in [1.29, 1.82) is 0 Å². The van der Waals surface area contributed by atoms with E-state index in [9.17, 15) is 9.90 Å². The van der Waals surface area contributed by atoms with Crippen molar-refractivity contribution in [3.8, 4) is 0 Å². The number of carbonyl (C=O) groups excluding carboxylic acids is 1. The minimum atomic E-state index is -0.128. The molecular weight excluding hydrogens is 264 g/mol. The highest BCUT2D eigenvalue weighted by Crippen LogP contribution is 2.42. The van der Waals surface area contributed by atoms with E-state index in [0.717, 1.165) is 24.4 Å². The predicted molar refractivity (Wildman–Crippen MR) is 72.3 cm³/mol. The van der Waals surface area contributed by atoms with E-state index in [4.69, 9.17) is 0 Å². The molecule has 0 spiro atoms. The molecule has 1 unspecified atom stereocenters. The molecule has 1 saturated carbocycles. The van der Waals surface area contributed by atoms with Gasteiger partial charge in [-0.3, -0.25) is 5.32 Å². The lowest BCUT2D eigenvalue weighted by Gasteiger charge is -2.31. The van der Waals surface area contributed by atoms with Crippen LogP contribution < -0.4 is 5.32 Å². The summed E-state index contributed by atoms with van der Waals surface area (Å²) in [6.45, 7) is 1.52. The zero-order valence-corrected chi connectivity index (χ0v) is 11.5. The summed E-state index contributed by atoms with van der Waals surface area (Å²) in [4.78, 5) is 13.8. The smallest absolute Gasteiger partial charge is 0.323 e. The summed E-state index contributed by atoms with van der Waals surface area (Å²) < 4.78 is 0.